The van der Waals surface area contributed by atoms with Crippen molar-refractivity contribution in [3.8, 4) is 5.88 Å². The Kier molecular flexibility index (Phi) is 5.02. The summed E-state index contributed by atoms with van der Waals surface area (Å²) in [6.07, 6.45) is 6.93. The van der Waals surface area contributed by atoms with Gasteiger partial charge in [-0.2, -0.15) is 5.10 Å². The van der Waals surface area contributed by atoms with Gasteiger partial charge in [0.05, 0.1) is 12.8 Å². The molecule has 1 fully saturated rings. The van der Waals surface area contributed by atoms with Crippen molar-refractivity contribution in [3.05, 3.63) is 53.7 Å². The first-order valence-electron chi connectivity index (χ1n) is 9.23. The number of nitrogens with zero attached hydrogens (tertiary/aromatic N) is 4. The molecule has 2 aliphatic heterocycles. The number of hydrogen-bond acceptors (Lipinski definition) is 4. The Morgan fingerprint density at radius 3 is 2.73 bits per heavy atom. The molecule has 6 nitrogen and oxygen atoms in total. The Bertz CT molecular complexity index is 776. The van der Waals surface area contributed by atoms with Crippen LogP contribution >= 0.6 is 0 Å². The number of rotatable bonds is 4. The van der Waals surface area contributed by atoms with Crippen LogP contribution in [0.25, 0.3) is 6.08 Å². The molecule has 1 aromatic carbocycles. The number of carbonyl (C=O) groups is 1. The maximum atomic E-state index is 12.8. The third-order valence-electron chi connectivity index (χ3n) is 4.91. The molecular formula is C20H24N4O2. The summed E-state index contributed by atoms with van der Waals surface area (Å²) < 4.78 is 7.45. The summed E-state index contributed by atoms with van der Waals surface area (Å²) in [4.78, 5) is 17.1. The predicted octanol–water partition coefficient (Wildman–Crippen LogP) is 2.14. The highest BCUT2D eigenvalue weighted by molar-refractivity contribution is 5.96. The molecule has 6 heteroatoms. The van der Waals surface area contributed by atoms with Crippen molar-refractivity contribution >= 4 is 12.0 Å². The van der Waals surface area contributed by atoms with Crippen LogP contribution in [0.15, 0.2) is 42.6 Å². The second-order valence-electron chi connectivity index (χ2n) is 6.69. The first-order valence-corrected chi connectivity index (χ1v) is 9.23. The van der Waals surface area contributed by atoms with Crippen LogP contribution in [0.4, 0.5) is 0 Å². The van der Waals surface area contributed by atoms with Crippen LogP contribution in [0.5, 0.6) is 5.88 Å². The van der Waals surface area contributed by atoms with Gasteiger partial charge in [0.2, 0.25) is 5.88 Å². The van der Waals surface area contributed by atoms with Crippen molar-refractivity contribution in [3.63, 3.8) is 0 Å². The van der Waals surface area contributed by atoms with Crippen LogP contribution in [-0.4, -0.2) is 64.8 Å². The maximum Gasteiger partial charge on any atom is 0.261 e. The quantitative estimate of drug-likeness (QED) is 0.846. The van der Waals surface area contributed by atoms with Crippen molar-refractivity contribution < 1.29 is 9.53 Å². The van der Waals surface area contributed by atoms with E-state index in [9.17, 15) is 4.79 Å². The molecule has 3 heterocycles. The Morgan fingerprint density at radius 2 is 1.92 bits per heavy atom. The van der Waals surface area contributed by atoms with Crippen molar-refractivity contribution in [1.29, 1.82) is 0 Å². The van der Waals surface area contributed by atoms with E-state index in [1.807, 2.05) is 23.1 Å². The zero-order chi connectivity index (χ0) is 17.8. The molecule has 1 saturated heterocycles. The second-order valence-corrected chi connectivity index (χ2v) is 6.69. The van der Waals surface area contributed by atoms with Crippen LogP contribution in [0.2, 0.25) is 0 Å². The molecule has 4 rings (SSSR count). The number of benzene rings is 1. The minimum Gasteiger partial charge on any atom is -0.477 e. The van der Waals surface area contributed by atoms with Crippen molar-refractivity contribution in [2.24, 2.45) is 0 Å². The molecule has 26 heavy (non-hydrogen) atoms. The summed E-state index contributed by atoms with van der Waals surface area (Å²) in [5.41, 5.74) is 1.81. The van der Waals surface area contributed by atoms with Crippen LogP contribution in [0, 0.1) is 0 Å². The summed E-state index contributed by atoms with van der Waals surface area (Å²) in [6, 6.07) is 10.3. The lowest BCUT2D eigenvalue weighted by Gasteiger charge is -2.34. The fraction of sp³-hybridized carbons (Fsp3) is 0.400. The third kappa shape index (κ3) is 3.65. The van der Waals surface area contributed by atoms with E-state index in [1.54, 1.807) is 10.9 Å². The zero-order valence-corrected chi connectivity index (χ0v) is 14.9. The van der Waals surface area contributed by atoms with Gasteiger partial charge in [-0.15, -0.1) is 0 Å². The van der Waals surface area contributed by atoms with Gasteiger partial charge in [0.15, 0.2) is 0 Å². The van der Waals surface area contributed by atoms with E-state index >= 15 is 0 Å². The molecule has 0 radical (unpaired) electrons. The van der Waals surface area contributed by atoms with E-state index in [4.69, 9.17) is 4.74 Å². The summed E-state index contributed by atoms with van der Waals surface area (Å²) in [5, 5.41) is 4.28. The van der Waals surface area contributed by atoms with E-state index in [0.29, 0.717) is 18.1 Å². The predicted molar refractivity (Wildman–Crippen MR) is 100 cm³/mol. The van der Waals surface area contributed by atoms with Crippen LogP contribution < -0.4 is 4.74 Å². The normalized spacial score (nSPS) is 17.9. The lowest BCUT2D eigenvalue weighted by atomic mass is 10.2. The van der Waals surface area contributed by atoms with E-state index in [0.717, 1.165) is 45.7 Å². The van der Waals surface area contributed by atoms with Crippen LogP contribution in [0.1, 0.15) is 22.3 Å². The minimum atomic E-state index is 0.0348. The topological polar surface area (TPSA) is 50.6 Å². The monoisotopic (exact) mass is 352 g/mol. The van der Waals surface area contributed by atoms with Gasteiger partial charge in [-0.05, 0) is 5.56 Å². The number of aryl methyl sites for hydroxylation is 1. The van der Waals surface area contributed by atoms with E-state index in [1.165, 1.54) is 5.56 Å². The second kappa shape index (κ2) is 7.74. The molecule has 2 aliphatic rings. The van der Waals surface area contributed by atoms with Crippen molar-refractivity contribution in [1.82, 2.24) is 19.6 Å². The van der Waals surface area contributed by atoms with Gasteiger partial charge >= 0.3 is 0 Å². The fourth-order valence-electron chi connectivity index (χ4n) is 3.42. The number of amides is 1. The lowest BCUT2D eigenvalue weighted by Crippen LogP contribution is -2.48. The van der Waals surface area contributed by atoms with Crippen molar-refractivity contribution in [2.45, 2.75) is 13.0 Å². The molecule has 1 amide bonds. The average Bonchev–Trinajstić information content (AvgIpc) is 3.13. The summed E-state index contributed by atoms with van der Waals surface area (Å²) in [7, 11) is 0. The van der Waals surface area contributed by atoms with Gasteiger partial charge in [-0.3, -0.25) is 9.69 Å². The minimum absolute atomic E-state index is 0.0348. The lowest BCUT2D eigenvalue weighted by molar-refractivity contribution is 0.0644. The SMILES string of the molecule is O=C(c1cnn2c1OCCC2)N1CCN(C/C=C/c2ccccc2)CC1. The highest BCUT2D eigenvalue weighted by Crippen LogP contribution is 2.24. The van der Waals surface area contributed by atoms with E-state index in [2.05, 4.69) is 34.3 Å². The summed E-state index contributed by atoms with van der Waals surface area (Å²) >= 11 is 0. The molecule has 0 bridgehead atoms. The summed E-state index contributed by atoms with van der Waals surface area (Å²) in [6.45, 7) is 5.64. The largest absolute Gasteiger partial charge is 0.477 e. The molecule has 0 spiro atoms. The van der Waals surface area contributed by atoms with Crippen LogP contribution in [0.3, 0.4) is 0 Å². The fourth-order valence-corrected chi connectivity index (χ4v) is 3.42. The van der Waals surface area contributed by atoms with Crippen LogP contribution in [-0.2, 0) is 6.54 Å². The highest BCUT2D eigenvalue weighted by atomic mass is 16.5. The number of aromatic nitrogens is 2. The number of piperazine rings is 1. The molecule has 0 atom stereocenters. The van der Waals surface area contributed by atoms with Gasteiger partial charge in [-0.1, -0.05) is 42.5 Å². The smallest absolute Gasteiger partial charge is 0.261 e. The molecule has 2 aromatic rings. The van der Waals surface area contributed by atoms with Gasteiger partial charge in [0.1, 0.15) is 5.56 Å². The number of ether oxygens (including phenoxy) is 1. The summed E-state index contributed by atoms with van der Waals surface area (Å²) in [5.74, 6) is 0.669. The Morgan fingerprint density at radius 1 is 1.12 bits per heavy atom. The van der Waals surface area contributed by atoms with E-state index in [-0.39, 0.29) is 5.91 Å². The maximum absolute atomic E-state index is 12.8. The first-order chi connectivity index (χ1) is 12.8. The highest BCUT2D eigenvalue weighted by Gasteiger charge is 2.27. The Labute approximate surface area is 153 Å². The number of carbonyl (C=O) groups excluding carboxylic acids is 1. The molecule has 0 aliphatic carbocycles. The van der Waals surface area contributed by atoms with Gasteiger partial charge < -0.3 is 9.64 Å². The van der Waals surface area contributed by atoms with E-state index < -0.39 is 0 Å². The number of hydrogen-bond donors (Lipinski definition) is 0. The molecule has 136 valence electrons. The molecule has 0 N–H and O–H groups in total. The standard InChI is InChI=1S/C20H24N4O2/c25-19(18-16-21-24-10-5-15-26-20(18)24)23-13-11-22(12-14-23)9-4-8-17-6-2-1-3-7-17/h1-4,6-8,16H,5,9-15H2/b8-4+. The first kappa shape index (κ1) is 16.8. The van der Waals surface area contributed by atoms with Gasteiger partial charge in [0, 0.05) is 45.7 Å². The van der Waals surface area contributed by atoms with Gasteiger partial charge in [0.25, 0.3) is 5.91 Å². The van der Waals surface area contributed by atoms with Gasteiger partial charge in [-0.25, -0.2) is 4.68 Å². The molecular weight excluding hydrogens is 328 g/mol. The molecule has 0 saturated carbocycles. The van der Waals surface area contributed by atoms with Crippen molar-refractivity contribution in [2.75, 3.05) is 39.3 Å². The average molecular weight is 352 g/mol. The Balaban J connectivity index is 1.30. The zero-order valence-electron chi connectivity index (χ0n) is 14.9. The third-order valence-corrected chi connectivity index (χ3v) is 4.91. The number of fused-ring (bicyclic) bond motifs is 1. The molecule has 0 unspecified atom stereocenters. The molecule has 1 aromatic heterocycles. The Hall–Kier alpha value is -2.60.